The fourth-order valence-electron chi connectivity index (χ4n) is 1.54. The summed E-state index contributed by atoms with van der Waals surface area (Å²) in [5, 5.41) is 6.15. The van der Waals surface area contributed by atoms with Crippen LogP contribution in [-0.2, 0) is 9.53 Å². The molecule has 0 aliphatic rings. The van der Waals surface area contributed by atoms with Crippen LogP contribution in [0.15, 0.2) is 0 Å². The van der Waals surface area contributed by atoms with Gasteiger partial charge in [-0.1, -0.05) is 11.3 Å². The molecular weight excluding hydrogens is 294 g/mol. The average molecular weight is 315 g/mol. The van der Waals surface area contributed by atoms with E-state index in [1.807, 2.05) is 0 Å². The van der Waals surface area contributed by atoms with E-state index in [0.29, 0.717) is 18.3 Å². The molecule has 4 N–H and O–H groups in total. The first kappa shape index (κ1) is 17.2. The van der Waals surface area contributed by atoms with Crippen molar-refractivity contribution < 1.29 is 14.3 Å². The number of thiazole rings is 1. The zero-order valence-corrected chi connectivity index (χ0v) is 13.4. The minimum absolute atomic E-state index is 0.141. The fourth-order valence-corrected chi connectivity index (χ4v) is 2.35. The number of hydrogen-bond donors (Lipinski definition) is 3. The molecule has 0 saturated heterocycles. The lowest BCUT2D eigenvalue weighted by Crippen LogP contribution is -2.44. The molecule has 1 heterocycles. The lowest BCUT2D eigenvalue weighted by atomic mass is 10.3. The normalized spacial score (nSPS) is 11.8. The van der Waals surface area contributed by atoms with Crippen LogP contribution in [0.1, 0.15) is 16.6 Å². The molecule has 1 atom stereocenters. The summed E-state index contributed by atoms with van der Waals surface area (Å²) in [6, 6.07) is -0.626. The van der Waals surface area contributed by atoms with Crippen molar-refractivity contribution in [1.29, 1.82) is 0 Å². The van der Waals surface area contributed by atoms with Gasteiger partial charge in [0, 0.05) is 27.7 Å². The van der Waals surface area contributed by atoms with Crippen LogP contribution in [0.25, 0.3) is 0 Å². The molecule has 1 rings (SSSR count). The van der Waals surface area contributed by atoms with E-state index < -0.39 is 11.9 Å². The number of carbonyl (C=O) groups is 2. The third-order valence-corrected chi connectivity index (χ3v) is 3.63. The molecule has 118 valence electrons. The van der Waals surface area contributed by atoms with Gasteiger partial charge >= 0.3 is 0 Å². The van der Waals surface area contributed by atoms with Crippen molar-refractivity contribution in [2.24, 2.45) is 0 Å². The van der Waals surface area contributed by atoms with Gasteiger partial charge in [0.2, 0.25) is 5.91 Å². The molecule has 1 unspecified atom stereocenters. The smallest absolute Gasteiger partial charge is 0.265 e. The van der Waals surface area contributed by atoms with Crippen molar-refractivity contribution in [3.05, 3.63) is 4.88 Å². The Morgan fingerprint density at radius 2 is 2.14 bits per heavy atom. The van der Waals surface area contributed by atoms with Gasteiger partial charge in [0.15, 0.2) is 5.13 Å². The summed E-state index contributed by atoms with van der Waals surface area (Å²) < 4.78 is 4.91. The second-order valence-corrected chi connectivity index (χ2v) is 5.58. The number of carbonyl (C=O) groups excluding carboxylic acids is 2. The summed E-state index contributed by atoms with van der Waals surface area (Å²) in [5.41, 5.74) is 5.73. The Morgan fingerprint density at radius 1 is 1.48 bits per heavy atom. The van der Waals surface area contributed by atoms with E-state index in [0.717, 1.165) is 11.3 Å². The Bertz CT molecular complexity index is 503. The summed E-state index contributed by atoms with van der Waals surface area (Å²) in [5.74, 6) is -0.459. The van der Waals surface area contributed by atoms with Crippen LogP contribution >= 0.6 is 11.3 Å². The van der Waals surface area contributed by atoms with Crippen molar-refractivity contribution in [2.45, 2.75) is 13.0 Å². The van der Waals surface area contributed by atoms with Crippen LogP contribution in [0.5, 0.6) is 0 Å². The number of nitrogens with zero attached hydrogens (tertiary/aromatic N) is 2. The fraction of sp³-hybridized carbons (Fsp3) is 0.583. The number of methoxy groups -OCH3 is 1. The predicted molar refractivity (Wildman–Crippen MR) is 82.5 cm³/mol. The number of hydrogen-bond acceptors (Lipinski definition) is 7. The van der Waals surface area contributed by atoms with Gasteiger partial charge in [-0.2, -0.15) is 0 Å². The van der Waals surface area contributed by atoms with Crippen LogP contribution in [0.4, 0.5) is 10.9 Å². The third kappa shape index (κ3) is 4.87. The molecule has 21 heavy (non-hydrogen) atoms. The minimum Gasteiger partial charge on any atom is -0.383 e. The second-order valence-electron chi connectivity index (χ2n) is 4.58. The first-order valence-corrected chi connectivity index (χ1v) is 7.19. The minimum atomic E-state index is -0.626. The van der Waals surface area contributed by atoms with E-state index in [1.54, 1.807) is 28.1 Å². The number of nitrogens with two attached hydrogens (primary N) is 1. The molecule has 0 fully saturated rings. The van der Waals surface area contributed by atoms with E-state index in [4.69, 9.17) is 10.5 Å². The van der Waals surface area contributed by atoms with Crippen molar-refractivity contribution in [3.8, 4) is 0 Å². The molecule has 0 aliphatic carbocycles. The van der Waals surface area contributed by atoms with Gasteiger partial charge in [-0.3, -0.25) is 9.59 Å². The number of rotatable bonds is 7. The molecule has 8 nitrogen and oxygen atoms in total. The van der Waals surface area contributed by atoms with Crippen molar-refractivity contribution >= 4 is 34.1 Å². The van der Waals surface area contributed by atoms with Crippen LogP contribution in [0.3, 0.4) is 0 Å². The Labute approximate surface area is 127 Å². The van der Waals surface area contributed by atoms with Gasteiger partial charge < -0.3 is 26.0 Å². The van der Waals surface area contributed by atoms with E-state index in [-0.39, 0.29) is 16.6 Å². The van der Waals surface area contributed by atoms with Crippen molar-refractivity contribution in [1.82, 2.24) is 15.2 Å². The van der Waals surface area contributed by atoms with Crippen molar-refractivity contribution in [2.75, 3.05) is 45.4 Å². The number of likely N-dealkylation sites (N-methyl/N-ethyl adjacent to an activating group) is 1. The lowest BCUT2D eigenvalue weighted by molar-refractivity contribution is -0.130. The molecule has 1 aromatic heterocycles. The van der Waals surface area contributed by atoms with E-state index in [1.165, 1.54) is 4.90 Å². The summed E-state index contributed by atoms with van der Waals surface area (Å²) in [6.45, 7) is 2.71. The molecule has 0 aliphatic heterocycles. The number of anilines is 2. The Balaban J connectivity index is 2.68. The molecule has 0 saturated carbocycles. The zero-order chi connectivity index (χ0) is 16.0. The average Bonchev–Trinajstić information content (AvgIpc) is 2.79. The van der Waals surface area contributed by atoms with Crippen LogP contribution < -0.4 is 16.4 Å². The van der Waals surface area contributed by atoms with Crippen LogP contribution in [0, 0.1) is 0 Å². The van der Waals surface area contributed by atoms with E-state index in [9.17, 15) is 9.59 Å². The predicted octanol–water partition coefficient (Wildman–Crippen LogP) is -0.00990. The quantitative estimate of drug-likeness (QED) is 0.611. The standard InChI is InChI=1S/C12H21N5O3S/c1-7(11(19)17(2)3)15-10(18)8-9(13)16-12(21-8)14-5-6-20-4/h7H,5-6,13H2,1-4H3,(H,14,16)(H,15,18). The number of aromatic nitrogens is 1. The van der Waals surface area contributed by atoms with Gasteiger partial charge in [-0.05, 0) is 6.92 Å². The molecule has 2 amide bonds. The largest absolute Gasteiger partial charge is 0.383 e. The summed E-state index contributed by atoms with van der Waals surface area (Å²) in [4.78, 5) is 29.6. The Morgan fingerprint density at radius 3 is 2.71 bits per heavy atom. The topological polar surface area (TPSA) is 110 Å². The highest BCUT2D eigenvalue weighted by molar-refractivity contribution is 7.18. The second kappa shape index (κ2) is 7.79. The lowest BCUT2D eigenvalue weighted by Gasteiger charge is -2.17. The van der Waals surface area contributed by atoms with E-state index in [2.05, 4.69) is 15.6 Å². The monoisotopic (exact) mass is 315 g/mol. The van der Waals surface area contributed by atoms with Gasteiger partial charge in [0.05, 0.1) is 6.61 Å². The molecule has 0 radical (unpaired) electrons. The maximum Gasteiger partial charge on any atom is 0.265 e. The first-order valence-electron chi connectivity index (χ1n) is 6.38. The van der Waals surface area contributed by atoms with Gasteiger partial charge in [0.1, 0.15) is 16.7 Å². The summed E-state index contributed by atoms with van der Waals surface area (Å²) >= 11 is 1.14. The SMILES string of the molecule is COCCNc1nc(N)c(C(=O)NC(C)C(=O)N(C)C)s1. The number of nitrogens with one attached hydrogen (secondary N) is 2. The molecule has 0 spiro atoms. The molecule has 0 bridgehead atoms. The number of amides is 2. The maximum atomic E-state index is 12.1. The summed E-state index contributed by atoms with van der Waals surface area (Å²) in [6.07, 6.45) is 0. The third-order valence-electron chi connectivity index (χ3n) is 2.60. The van der Waals surface area contributed by atoms with Crippen molar-refractivity contribution in [3.63, 3.8) is 0 Å². The summed E-state index contributed by atoms with van der Waals surface area (Å²) in [7, 11) is 4.85. The molecule has 1 aromatic rings. The Kier molecular flexibility index (Phi) is 6.38. The number of ether oxygens (including phenoxy) is 1. The van der Waals surface area contributed by atoms with Crippen LogP contribution in [-0.4, -0.2) is 62.1 Å². The zero-order valence-electron chi connectivity index (χ0n) is 12.6. The van der Waals surface area contributed by atoms with Crippen LogP contribution in [0.2, 0.25) is 0 Å². The first-order chi connectivity index (χ1) is 9.86. The highest BCUT2D eigenvalue weighted by Crippen LogP contribution is 2.24. The maximum absolute atomic E-state index is 12.1. The Hall–Kier alpha value is -1.87. The molecule has 0 aromatic carbocycles. The van der Waals surface area contributed by atoms with Gasteiger partial charge in [-0.15, -0.1) is 0 Å². The highest BCUT2D eigenvalue weighted by Gasteiger charge is 2.21. The van der Waals surface area contributed by atoms with E-state index >= 15 is 0 Å². The number of nitrogen functional groups attached to an aromatic ring is 1. The van der Waals surface area contributed by atoms with Gasteiger partial charge in [0.25, 0.3) is 5.91 Å². The highest BCUT2D eigenvalue weighted by atomic mass is 32.1. The molecule has 9 heteroatoms. The molecular formula is C12H21N5O3S. The van der Waals surface area contributed by atoms with Gasteiger partial charge in [-0.25, -0.2) is 4.98 Å².